The molecule has 3 aromatic rings. The van der Waals surface area contributed by atoms with Gasteiger partial charge in [0, 0.05) is 12.0 Å². The molecular formula is C14H12N4O3. The molecule has 0 atom stereocenters. The highest BCUT2D eigenvalue weighted by molar-refractivity contribution is 5.68. The Kier molecular flexibility index (Phi) is 2.47. The molecule has 0 fully saturated rings. The number of fused-ring (bicyclic) bond motifs is 3. The van der Waals surface area contributed by atoms with Gasteiger partial charge in [-0.2, -0.15) is 4.73 Å². The van der Waals surface area contributed by atoms with Gasteiger partial charge in [-0.15, -0.1) is 0 Å². The Hall–Kier alpha value is -2.83. The number of benzene rings is 1. The van der Waals surface area contributed by atoms with Gasteiger partial charge in [0.05, 0.1) is 12.8 Å². The number of ether oxygens (including phenoxy) is 1. The van der Waals surface area contributed by atoms with Crippen molar-refractivity contribution >= 4 is 0 Å². The number of hydrogen-bond acceptors (Lipinski definition) is 6. The van der Waals surface area contributed by atoms with Gasteiger partial charge in [-0.25, -0.2) is 9.61 Å². The predicted molar refractivity (Wildman–Crippen MR) is 72.1 cm³/mol. The van der Waals surface area contributed by atoms with Crippen LogP contribution in [0.15, 0.2) is 28.9 Å². The Morgan fingerprint density at radius 3 is 2.71 bits per heavy atom. The maximum absolute atomic E-state index is 10.4. The Bertz CT molecular complexity index is 804. The van der Waals surface area contributed by atoms with Crippen LogP contribution in [0.5, 0.6) is 5.75 Å². The highest BCUT2D eigenvalue weighted by Crippen LogP contribution is 2.33. The number of aryl methyl sites for hydroxylation is 1. The van der Waals surface area contributed by atoms with Crippen LogP contribution in [0.25, 0.3) is 22.8 Å². The van der Waals surface area contributed by atoms with Gasteiger partial charge in [-0.05, 0) is 35.8 Å². The third-order valence-electron chi connectivity index (χ3n) is 3.67. The van der Waals surface area contributed by atoms with E-state index in [1.807, 2.05) is 24.3 Å². The van der Waals surface area contributed by atoms with E-state index in [1.54, 1.807) is 7.11 Å². The van der Waals surface area contributed by atoms with Gasteiger partial charge in [0.2, 0.25) is 0 Å². The molecule has 0 saturated carbocycles. The first-order valence-electron chi connectivity index (χ1n) is 6.55. The van der Waals surface area contributed by atoms with Crippen LogP contribution in [0.3, 0.4) is 0 Å². The molecule has 1 aromatic carbocycles. The van der Waals surface area contributed by atoms with Gasteiger partial charge in [0.25, 0.3) is 0 Å². The van der Waals surface area contributed by atoms with Crippen molar-refractivity contribution in [3.63, 3.8) is 0 Å². The zero-order chi connectivity index (χ0) is 14.4. The molecule has 7 nitrogen and oxygen atoms in total. The van der Waals surface area contributed by atoms with E-state index >= 15 is 0 Å². The summed E-state index contributed by atoms with van der Waals surface area (Å²) >= 11 is 0. The second-order valence-corrected chi connectivity index (χ2v) is 4.83. The first-order valence-corrected chi connectivity index (χ1v) is 6.55. The maximum atomic E-state index is 10.4. The number of imidazole rings is 1. The van der Waals surface area contributed by atoms with E-state index in [2.05, 4.69) is 15.3 Å². The summed E-state index contributed by atoms with van der Waals surface area (Å²) in [4.78, 5) is 4.50. The minimum atomic E-state index is 0.471. The second kappa shape index (κ2) is 4.34. The molecule has 2 aromatic heterocycles. The van der Waals surface area contributed by atoms with Gasteiger partial charge in [-0.3, -0.25) is 0 Å². The standard InChI is InChI=1S/C14H12N4O3/c1-20-9-4-2-8(3-5-9)14-15-13-11(18(14)19)7-6-10-12(13)17-21-16-10/h2-5,19H,6-7H2,1H3. The molecule has 0 unspecified atom stereocenters. The molecule has 4 rings (SSSR count). The van der Waals surface area contributed by atoms with Crippen molar-refractivity contribution in [3.8, 4) is 28.5 Å². The largest absolute Gasteiger partial charge is 0.497 e. The highest BCUT2D eigenvalue weighted by Gasteiger charge is 2.28. The van der Waals surface area contributed by atoms with Crippen LogP contribution in [0, 0.1) is 0 Å². The molecule has 1 N–H and O–H groups in total. The first-order chi connectivity index (χ1) is 10.3. The average molecular weight is 284 g/mol. The van der Waals surface area contributed by atoms with Crippen molar-refractivity contribution < 1.29 is 14.6 Å². The first kappa shape index (κ1) is 12.0. The van der Waals surface area contributed by atoms with Crippen LogP contribution >= 0.6 is 0 Å². The fraction of sp³-hybridized carbons (Fsp3) is 0.214. The lowest BCUT2D eigenvalue weighted by Gasteiger charge is -2.08. The number of methoxy groups -OCH3 is 1. The Balaban J connectivity index is 1.85. The van der Waals surface area contributed by atoms with E-state index in [0.717, 1.165) is 27.4 Å². The van der Waals surface area contributed by atoms with Crippen molar-refractivity contribution in [2.75, 3.05) is 7.11 Å². The smallest absolute Gasteiger partial charge is 0.176 e. The van der Waals surface area contributed by atoms with Crippen LogP contribution in [0.1, 0.15) is 11.4 Å². The summed E-state index contributed by atoms with van der Waals surface area (Å²) in [6.45, 7) is 0. The van der Waals surface area contributed by atoms with Gasteiger partial charge in [0.15, 0.2) is 11.5 Å². The monoisotopic (exact) mass is 284 g/mol. The minimum Gasteiger partial charge on any atom is -0.497 e. The summed E-state index contributed by atoms with van der Waals surface area (Å²) in [5.74, 6) is 1.22. The Morgan fingerprint density at radius 2 is 1.95 bits per heavy atom. The van der Waals surface area contributed by atoms with Crippen LogP contribution in [0.2, 0.25) is 0 Å². The van der Waals surface area contributed by atoms with Crippen molar-refractivity contribution in [2.45, 2.75) is 12.8 Å². The van der Waals surface area contributed by atoms with Crippen molar-refractivity contribution in [2.24, 2.45) is 0 Å². The summed E-state index contributed by atoms with van der Waals surface area (Å²) in [7, 11) is 1.61. The van der Waals surface area contributed by atoms with E-state index in [-0.39, 0.29) is 0 Å². The molecule has 0 radical (unpaired) electrons. The third kappa shape index (κ3) is 1.70. The van der Waals surface area contributed by atoms with Gasteiger partial charge in [0.1, 0.15) is 17.1 Å². The summed E-state index contributed by atoms with van der Waals surface area (Å²) in [5.41, 5.74) is 3.54. The highest BCUT2D eigenvalue weighted by atomic mass is 16.6. The van der Waals surface area contributed by atoms with E-state index in [1.165, 1.54) is 0 Å². The van der Waals surface area contributed by atoms with Gasteiger partial charge < -0.3 is 9.94 Å². The molecule has 7 heteroatoms. The van der Waals surface area contributed by atoms with Crippen LogP contribution < -0.4 is 4.74 Å². The second-order valence-electron chi connectivity index (χ2n) is 4.83. The summed E-state index contributed by atoms with van der Waals surface area (Å²) < 4.78 is 11.0. The molecular weight excluding hydrogens is 272 g/mol. The summed E-state index contributed by atoms with van der Waals surface area (Å²) in [5, 5.41) is 18.1. The maximum Gasteiger partial charge on any atom is 0.176 e. The number of hydrogen-bond donors (Lipinski definition) is 1. The van der Waals surface area contributed by atoms with E-state index in [4.69, 9.17) is 9.37 Å². The molecule has 1 aliphatic rings. The minimum absolute atomic E-state index is 0.471. The third-order valence-corrected chi connectivity index (χ3v) is 3.67. The van der Waals surface area contributed by atoms with E-state index < -0.39 is 0 Å². The number of aromatic nitrogens is 4. The van der Waals surface area contributed by atoms with Crippen LogP contribution in [-0.4, -0.2) is 32.3 Å². The lowest BCUT2D eigenvalue weighted by atomic mass is 10.0. The average Bonchev–Trinajstić information content (AvgIpc) is 3.12. The SMILES string of the molecule is COc1ccc(-c2nc3c(n2O)CCc2nonc2-3)cc1. The Morgan fingerprint density at radius 1 is 1.14 bits per heavy atom. The normalized spacial score (nSPS) is 12.8. The fourth-order valence-electron chi connectivity index (χ4n) is 2.57. The molecule has 0 aliphatic heterocycles. The molecule has 21 heavy (non-hydrogen) atoms. The zero-order valence-corrected chi connectivity index (χ0v) is 11.3. The summed E-state index contributed by atoms with van der Waals surface area (Å²) in [6.07, 6.45) is 1.33. The zero-order valence-electron chi connectivity index (χ0n) is 11.3. The van der Waals surface area contributed by atoms with Crippen molar-refractivity contribution in [3.05, 3.63) is 35.7 Å². The molecule has 2 heterocycles. The van der Waals surface area contributed by atoms with Crippen LogP contribution in [-0.2, 0) is 12.8 Å². The van der Waals surface area contributed by atoms with Crippen molar-refractivity contribution in [1.29, 1.82) is 0 Å². The topological polar surface area (TPSA) is 86.2 Å². The molecule has 0 saturated heterocycles. The van der Waals surface area contributed by atoms with Crippen molar-refractivity contribution in [1.82, 2.24) is 20.0 Å². The Labute approximate surface area is 119 Å². The molecule has 1 aliphatic carbocycles. The van der Waals surface area contributed by atoms with E-state index in [9.17, 15) is 5.21 Å². The van der Waals surface area contributed by atoms with E-state index in [0.29, 0.717) is 30.1 Å². The number of rotatable bonds is 2. The van der Waals surface area contributed by atoms with Gasteiger partial charge in [-0.1, -0.05) is 5.16 Å². The molecule has 0 amide bonds. The lowest BCUT2D eigenvalue weighted by molar-refractivity contribution is 0.181. The van der Waals surface area contributed by atoms with Gasteiger partial charge >= 0.3 is 0 Å². The summed E-state index contributed by atoms with van der Waals surface area (Å²) in [6, 6.07) is 7.35. The molecule has 0 bridgehead atoms. The molecule has 106 valence electrons. The predicted octanol–water partition coefficient (Wildman–Crippen LogP) is 1.94. The van der Waals surface area contributed by atoms with Crippen LogP contribution in [0.4, 0.5) is 0 Å². The molecule has 0 spiro atoms. The fourth-order valence-corrected chi connectivity index (χ4v) is 2.57. The quantitative estimate of drug-likeness (QED) is 0.724. The number of nitrogens with zero attached hydrogens (tertiary/aromatic N) is 4. The lowest BCUT2D eigenvalue weighted by Crippen LogP contribution is -2.07.